The summed E-state index contributed by atoms with van der Waals surface area (Å²) in [6.07, 6.45) is 3.49. The summed E-state index contributed by atoms with van der Waals surface area (Å²) in [7, 11) is 3.18. The normalized spacial score (nSPS) is 22.8. The predicted octanol–water partition coefficient (Wildman–Crippen LogP) is 0.553. The van der Waals surface area contributed by atoms with E-state index < -0.39 is 5.60 Å². The van der Waals surface area contributed by atoms with E-state index in [1.54, 1.807) is 20.4 Å². The van der Waals surface area contributed by atoms with Crippen molar-refractivity contribution in [1.29, 1.82) is 0 Å². The minimum atomic E-state index is -0.932. The third-order valence-corrected chi connectivity index (χ3v) is 3.82. The molecule has 0 aliphatic carbocycles. The summed E-state index contributed by atoms with van der Waals surface area (Å²) >= 11 is 0. The van der Waals surface area contributed by atoms with Crippen molar-refractivity contribution >= 4 is 5.91 Å². The maximum Gasteiger partial charge on any atom is 0.222 e. The standard InChI is InChI=1S/C15H23N3O3/c1-16-13(19)8-15(20)6-3-7-18(11-15)10-12-4-5-14(21-2)17-9-12/h4-5,9,20H,3,6-8,10-11H2,1-2H3,(H,16,19). The van der Waals surface area contributed by atoms with Gasteiger partial charge in [-0.25, -0.2) is 4.98 Å². The summed E-state index contributed by atoms with van der Waals surface area (Å²) in [5.74, 6) is 0.471. The topological polar surface area (TPSA) is 74.7 Å². The van der Waals surface area contributed by atoms with Gasteiger partial charge in [0.1, 0.15) is 0 Å². The van der Waals surface area contributed by atoms with Crippen molar-refractivity contribution < 1.29 is 14.6 Å². The van der Waals surface area contributed by atoms with E-state index in [0.29, 0.717) is 25.4 Å². The molecule has 1 aliphatic rings. The van der Waals surface area contributed by atoms with Crippen LogP contribution >= 0.6 is 0 Å². The van der Waals surface area contributed by atoms with E-state index in [4.69, 9.17) is 4.74 Å². The molecule has 0 radical (unpaired) electrons. The molecule has 1 atom stereocenters. The number of hydrogen-bond acceptors (Lipinski definition) is 5. The molecule has 0 saturated carbocycles. The van der Waals surface area contributed by atoms with Crippen molar-refractivity contribution in [1.82, 2.24) is 15.2 Å². The second-order valence-electron chi connectivity index (χ2n) is 5.60. The molecule has 1 fully saturated rings. The Balaban J connectivity index is 1.95. The maximum atomic E-state index is 11.5. The van der Waals surface area contributed by atoms with Gasteiger partial charge in [-0.1, -0.05) is 6.07 Å². The lowest BCUT2D eigenvalue weighted by Crippen LogP contribution is -2.49. The Kier molecular flexibility index (Phi) is 5.14. The van der Waals surface area contributed by atoms with E-state index in [0.717, 1.165) is 18.5 Å². The van der Waals surface area contributed by atoms with Crippen molar-refractivity contribution in [3.8, 4) is 5.88 Å². The molecule has 2 rings (SSSR count). The van der Waals surface area contributed by atoms with Crippen LogP contribution in [-0.2, 0) is 11.3 Å². The number of aromatic nitrogens is 1. The van der Waals surface area contributed by atoms with Crippen LogP contribution in [0.15, 0.2) is 18.3 Å². The summed E-state index contributed by atoms with van der Waals surface area (Å²) in [6.45, 7) is 2.14. The lowest BCUT2D eigenvalue weighted by atomic mass is 9.89. The molecule has 6 heteroatoms. The highest BCUT2D eigenvalue weighted by atomic mass is 16.5. The van der Waals surface area contributed by atoms with E-state index >= 15 is 0 Å². The second kappa shape index (κ2) is 6.87. The lowest BCUT2D eigenvalue weighted by molar-refractivity contribution is -0.128. The number of nitrogens with zero attached hydrogens (tertiary/aromatic N) is 2. The number of amides is 1. The molecular formula is C15H23N3O3. The monoisotopic (exact) mass is 293 g/mol. The fourth-order valence-electron chi connectivity index (χ4n) is 2.76. The quantitative estimate of drug-likeness (QED) is 0.829. The molecule has 1 aromatic rings. The van der Waals surface area contributed by atoms with Crippen LogP contribution in [0.3, 0.4) is 0 Å². The van der Waals surface area contributed by atoms with Gasteiger partial charge in [-0.3, -0.25) is 9.69 Å². The molecule has 1 saturated heterocycles. The first kappa shape index (κ1) is 15.7. The third-order valence-electron chi connectivity index (χ3n) is 3.82. The maximum absolute atomic E-state index is 11.5. The van der Waals surface area contributed by atoms with Gasteiger partial charge in [0.15, 0.2) is 0 Å². The predicted molar refractivity (Wildman–Crippen MR) is 78.9 cm³/mol. The molecule has 6 nitrogen and oxygen atoms in total. The van der Waals surface area contributed by atoms with Gasteiger partial charge in [-0.2, -0.15) is 0 Å². The zero-order valence-electron chi connectivity index (χ0n) is 12.6. The number of carbonyl (C=O) groups excluding carboxylic acids is 1. The van der Waals surface area contributed by atoms with E-state index in [1.165, 1.54) is 0 Å². The smallest absolute Gasteiger partial charge is 0.222 e. The number of carbonyl (C=O) groups is 1. The minimum Gasteiger partial charge on any atom is -0.481 e. The molecule has 2 heterocycles. The SMILES string of the molecule is CNC(=O)CC1(O)CCCN(Cc2ccc(OC)nc2)C1. The molecule has 1 amide bonds. The van der Waals surface area contributed by atoms with Crippen LogP contribution in [0.25, 0.3) is 0 Å². The van der Waals surface area contributed by atoms with E-state index in [2.05, 4.69) is 15.2 Å². The van der Waals surface area contributed by atoms with Crippen molar-refractivity contribution in [3.05, 3.63) is 23.9 Å². The molecule has 116 valence electrons. The molecule has 1 aromatic heterocycles. The Labute approximate surface area is 125 Å². The molecule has 1 aliphatic heterocycles. The Morgan fingerprint density at radius 2 is 2.38 bits per heavy atom. The number of methoxy groups -OCH3 is 1. The fourth-order valence-corrected chi connectivity index (χ4v) is 2.76. The van der Waals surface area contributed by atoms with Gasteiger partial charge < -0.3 is 15.2 Å². The van der Waals surface area contributed by atoms with Gasteiger partial charge in [0.25, 0.3) is 0 Å². The van der Waals surface area contributed by atoms with Crippen LogP contribution in [-0.4, -0.2) is 53.7 Å². The summed E-state index contributed by atoms with van der Waals surface area (Å²) < 4.78 is 5.04. The van der Waals surface area contributed by atoms with Gasteiger partial charge in [0.2, 0.25) is 11.8 Å². The Bertz CT molecular complexity index is 478. The van der Waals surface area contributed by atoms with Gasteiger partial charge in [-0.05, 0) is 24.9 Å². The number of ether oxygens (including phenoxy) is 1. The Hall–Kier alpha value is -1.66. The average Bonchev–Trinajstić information content (AvgIpc) is 2.47. The number of pyridine rings is 1. The summed E-state index contributed by atoms with van der Waals surface area (Å²) in [6, 6.07) is 3.80. The summed E-state index contributed by atoms with van der Waals surface area (Å²) in [5.41, 5.74) is 0.137. The number of piperidine rings is 1. The van der Waals surface area contributed by atoms with E-state index in [1.807, 2.05) is 12.1 Å². The average molecular weight is 293 g/mol. The Morgan fingerprint density at radius 1 is 1.57 bits per heavy atom. The molecule has 21 heavy (non-hydrogen) atoms. The zero-order chi connectivity index (χ0) is 15.3. The van der Waals surface area contributed by atoms with E-state index in [-0.39, 0.29) is 12.3 Å². The first-order valence-electron chi connectivity index (χ1n) is 7.19. The number of rotatable bonds is 5. The highest BCUT2D eigenvalue weighted by molar-refractivity contribution is 5.76. The van der Waals surface area contributed by atoms with Crippen molar-refractivity contribution in [3.63, 3.8) is 0 Å². The van der Waals surface area contributed by atoms with Crippen LogP contribution in [0, 0.1) is 0 Å². The lowest BCUT2D eigenvalue weighted by Gasteiger charge is -2.38. The van der Waals surface area contributed by atoms with Crippen LogP contribution < -0.4 is 10.1 Å². The first-order chi connectivity index (χ1) is 10.0. The van der Waals surface area contributed by atoms with Gasteiger partial charge in [-0.15, -0.1) is 0 Å². The van der Waals surface area contributed by atoms with Crippen molar-refractivity contribution in [2.24, 2.45) is 0 Å². The molecule has 1 unspecified atom stereocenters. The first-order valence-corrected chi connectivity index (χ1v) is 7.19. The van der Waals surface area contributed by atoms with Crippen LogP contribution in [0.2, 0.25) is 0 Å². The van der Waals surface area contributed by atoms with Crippen molar-refractivity contribution in [2.45, 2.75) is 31.4 Å². The Morgan fingerprint density at radius 3 is 3.00 bits per heavy atom. The number of β-amino-alcohol motifs (C(OH)–C–C–N with tert-alkyl or cyclic N) is 1. The second-order valence-corrected chi connectivity index (χ2v) is 5.60. The largest absolute Gasteiger partial charge is 0.481 e. The number of hydrogen-bond donors (Lipinski definition) is 2. The minimum absolute atomic E-state index is 0.120. The highest BCUT2D eigenvalue weighted by Gasteiger charge is 2.35. The number of nitrogens with one attached hydrogen (secondary N) is 1. The molecule has 2 N–H and O–H groups in total. The number of aliphatic hydroxyl groups is 1. The highest BCUT2D eigenvalue weighted by Crippen LogP contribution is 2.25. The molecule has 0 spiro atoms. The van der Waals surface area contributed by atoms with Gasteiger partial charge in [0.05, 0.1) is 19.1 Å². The van der Waals surface area contributed by atoms with Gasteiger partial charge in [0, 0.05) is 32.4 Å². The van der Waals surface area contributed by atoms with Gasteiger partial charge >= 0.3 is 0 Å². The molecule has 0 bridgehead atoms. The number of likely N-dealkylation sites (tertiary alicyclic amines) is 1. The fraction of sp³-hybridized carbons (Fsp3) is 0.600. The molecular weight excluding hydrogens is 270 g/mol. The van der Waals surface area contributed by atoms with E-state index in [9.17, 15) is 9.90 Å². The zero-order valence-corrected chi connectivity index (χ0v) is 12.6. The van der Waals surface area contributed by atoms with Crippen LogP contribution in [0.5, 0.6) is 5.88 Å². The summed E-state index contributed by atoms with van der Waals surface area (Å²) in [4.78, 5) is 17.9. The third kappa shape index (κ3) is 4.41. The summed E-state index contributed by atoms with van der Waals surface area (Å²) in [5, 5.41) is 13.1. The molecule has 0 aromatic carbocycles. The van der Waals surface area contributed by atoms with Crippen molar-refractivity contribution in [2.75, 3.05) is 27.2 Å². The van der Waals surface area contributed by atoms with Crippen LogP contribution in [0.4, 0.5) is 0 Å². The van der Waals surface area contributed by atoms with Crippen LogP contribution in [0.1, 0.15) is 24.8 Å².